The number of benzene rings is 1. The van der Waals surface area contributed by atoms with Crippen molar-refractivity contribution < 1.29 is 44.3 Å². The predicted molar refractivity (Wildman–Crippen MR) is 146 cm³/mol. The predicted octanol–water partition coefficient (Wildman–Crippen LogP) is 1.12. The third kappa shape index (κ3) is 4.44. The number of Topliss-reactive ketones (excluding diaryl/α,β-unsaturated/α-hetero) is 3. The number of fused-ring (bicyclic) bond motifs is 3. The quantitative estimate of drug-likeness (QED) is 0.141. The topological polar surface area (TPSA) is 194 Å². The number of aromatic hydroxyl groups is 1. The number of nitrogens with two attached hydrogens (primary N) is 1. The van der Waals surface area contributed by atoms with E-state index in [-0.39, 0.29) is 42.7 Å². The highest BCUT2D eigenvalue weighted by Gasteiger charge is 2.63. The molecule has 0 aliphatic heterocycles. The number of nitrogens with zero attached hydrogens (tertiary/aromatic N) is 3. The highest BCUT2D eigenvalue weighted by molar-refractivity contribution is 6.25. The lowest BCUT2D eigenvalue weighted by Gasteiger charge is -2.50. The zero-order chi connectivity index (χ0) is 30.7. The number of likely N-dealkylation sites (N-methyl/N-ethyl adjacent to an activating group) is 1. The number of ether oxygens (including phenoxy) is 1. The molecule has 4 rings (SSSR count). The molecule has 0 bridgehead atoms. The fourth-order valence-electron chi connectivity index (χ4n) is 6.43. The van der Waals surface area contributed by atoms with Gasteiger partial charge in [-0.1, -0.05) is 0 Å². The smallest absolute Gasteiger partial charge is 0.424 e. The van der Waals surface area contributed by atoms with Crippen molar-refractivity contribution in [2.75, 3.05) is 39.7 Å². The highest BCUT2D eigenvalue weighted by Crippen LogP contribution is 2.53. The van der Waals surface area contributed by atoms with E-state index in [2.05, 4.69) is 0 Å². The van der Waals surface area contributed by atoms with Crippen molar-refractivity contribution >= 4 is 29.1 Å². The van der Waals surface area contributed by atoms with Gasteiger partial charge >= 0.3 is 6.09 Å². The molecule has 0 radical (unpaired) electrons. The Balaban J connectivity index is 1.92. The number of phenols is 1. The van der Waals surface area contributed by atoms with Gasteiger partial charge in [0.25, 0.3) is 0 Å². The number of carbonyl (C=O) groups excluding carboxylic acids is 4. The first-order valence-electron chi connectivity index (χ1n) is 13.2. The van der Waals surface area contributed by atoms with Crippen LogP contribution in [0.25, 0.3) is 0 Å². The maximum Gasteiger partial charge on any atom is 0.424 e. The van der Waals surface area contributed by atoms with E-state index in [0.717, 1.165) is 11.9 Å². The Labute approximate surface area is 237 Å². The fraction of sp³-hybridized carbons (Fsp3) is 0.500. The first-order valence-corrected chi connectivity index (χ1v) is 13.2. The molecule has 0 unspecified atom stereocenters. The Morgan fingerprint density at radius 3 is 2.32 bits per heavy atom. The second-order valence-electron chi connectivity index (χ2n) is 11.1. The zero-order valence-electron chi connectivity index (χ0n) is 23.9. The second kappa shape index (κ2) is 10.5. The maximum absolute atomic E-state index is 14.1. The minimum absolute atomic E-state index is 0.0136. The summed E-state index contributed by atoms with van der Waals surface area (Å²) >= 11 is 0. The molecule has 1 aromatic carbocycles. The normalized spacial score (nSPS) is 25.5. The summed E-state index contributed by atoms with van der Waals surface area (Å²) in [5.74, 6) is -0.581. The van der Waals surface area contributed by atoms with Crippen molar-refractivity contribution in [1.29, 1.82) is 0 Å². The van der Waals surface area contributed by atoms with Gasteiger partial charge in [-0.25, -0.2) is 15.6 Å². The SMILES string of the molecule is CCOC(=O)N(N)Cc1cc(N(C)C)c2c(c1O)C(=O)C1=C(O)[C@]3(O)C(=O)C(C(C)=O)=C(O)[C@H](N(C)C)[C@@H]3C[C@@H]1C2. The first-order chi connectivity index (χ1) is 19.1. The van der Waals surface area contributed by atoms with Crippen molar-refractivity contribution in [3.8, 4) is 5.75 Å². The van der Waals surface area contributed by atoms with E-state index in [1.165, 1.54) is 0 Å². The van der Waals surface area contributed by atoms with Crippen LogP contribution in [0.2, 0.25) is 0 Å². The van der Waals surface area contributed by atoms with Crippen LogP contribution in [0.5, 0.6) is 5.75 Å². The summed E-state index contributed by atoms with van der Waals surface area (Å²) in [6, 6.07) is 0.605. The summed E-state index contributed by atoms with van der Waals surface area (Å²) in [7, 11) is 6.69. The Morgan fingerprint density at radius 2 is 1.78 bits per heavy atom. The van der Waals surface area contributed by atoms with Crippen molar-refractivity contribution in [3.63, 3.8) is 0 Å². The van der Waals surface area contributed by atoms with Gasteiger partial charge in [-0.15, -0.1) is 0 Å². The summed E-state index contributed by atoms with van der Waals surface area (Å²) in [5, 5.41) is 46.3. The average Bonchev–Trinajstić information content (AvgIpc) is 2.87. The van der Waals surface area contributed by atoms with Gasteiger partial charge in [-0.2, -0.15) is 0 Å². The van der Waals surface area contributed by atoms with Gasteiger partial charge < -0.3 is 30.1 Å². The molecule has 0 saturated carbocycles. The van der Waals surface area contributed by atoms with Gasteiger partial charge in [0, 0.05) is 36.8 Å². The minimum atomic E-state index is -2.66. The van der Waals surface area contributed by atoms with E-state index >= 15 is 0 Å². The van der Waals surface area contributed by atoms with Gasteiger partial charge in [-0.3, -0.25) is 19.3 Å². The molecule has 0 heterocycles. The van der Waals surface area contributed by atoms with Crippen molar-refractivity contribution in [2.45, 2.75) is 44.9 Å². The number of hydrogen-bond acceptors (Lipinski definition) is 12. The Bertz CT molecular complexity index is 1410. The third-order valence-electron chi connectivity index (χ3n) is 8.21. The van der Waals surface area contributed by atoms with E-state index in [9.17, 15) is 39.6 Å². The van der Waals surface area contributed by atoms with E-state index in [4.69, 9.17) is 10.6 Å². The number of allylic oxidation sites excluding steroid dienone is 1. The number of amides is 1. The van der Waals surface area contributed by atoms with E-state index in [1.54, 1.807) is 51.0 Å². The Kier molecular flexibility index (Phi) is 7.67. The standard InChI is InChI=1S/C28H36N4O9/c1-7-41-27(39)32(29)11-14-10-17(30(3)4)15-8-13-9-16-21(31(5)6)24(36)18(12(2)33)25(37)28(16,40)26(38)19(13)23(35)20(15)22(14)34/h10,13,16,21,34,36,38,40H,7-9,11,29H2,1-6H3/t13-,16-,21+,28+/m0/s1. The maximum atomic E-state index is 14.1. The lowest BCUT2D eigenvalue weighted by molar-refractivity contribution is -0.148. The Morgan fingerprint density at radius 1 is 1.15 bits per heavy atom. The number of anilines is 1. The number of phenolic OH excluding ortho intramolecular Hbond substituents is 1. The third-order valence-corrected chi connectivity index (χ3v) is 8.21. The molecule has 1 amide bonds. The molecule has 0 fully saturated rings. The van der Waals surface area contributed by atoms with Crippen LogP contribution in [0.3, 0.4) is 0 Å². The van der Waals surface area contributed by atoms with Gasteiger partial charge in [0.05, 0.1) is 24.8 Å². The van der Waals surface area contributed by atoms with Gasteiger partial charge in [0.15, 0.2) is 17.2 Å². The summed E-state index contributed by atoms with van der Waals surface area (Å²) in [5.41, 5.74) is -2.53. The van der Waals surface area contributed by atoms with Crippen LogP contribution in [0.15, 0.2) is 28.7 Å². The number of aliphatic hydroxyl groups excluding tert-OH is 2. The molecule has 41 heavy (non-hydrogen) atoms. The van der Waals surface area contributed by atoms with E-state index < -0.39 is 69.8 Å². The summed E-state index contributed by atoms with van der Waals surface area (Å²) < 4.78 is 4.90. The number of carbonyl (C=O) groups is 4. The molecule has 13 nitrogen and oxygen atoms in total. The Hall–Kier alpha value is -3.94. The van der Waals surface area contributed by atoms with Crippen LogP contribution in [-0.2, 0) is 27.3 Å². The van der Waals surface area contributed by atoms with E-state index in [0.29, 0.717) is 11.3 Å². The van der Waals surface area contributed by atoms with Crippen LogP contribution >= 0.6 is 0 Å². The van der Waals surface area contributed by atoms with Crippen molar-refractivity contribution in [2.24, 2.45) is 17.7 Å². The van der Waals surface area contributed by atoms with E-state index in [1.807, 2.05) is 0 Å². The van der Waals surface area contributed by atoms with Crippen molar-refractivity contribution in [1.82, 2.24) is 9.91 Å². The van der Waals surface area contributed by atoms with Gasteiger partial charge in [0.1, 0.15) is 22.8 Å². The van der Waals surface area contributed by atoms with Crippen LogP contribution < -0.4 is 10.7 Å². The minimum Gasteiger partial charge on any atom is -0.510 e. The van der Waals surface area contributed by atoms with Gasteiger partial charge in [0.2, 0.25) is 5.78 Å². The molecular formula is C28H36N4O9. The lowest BCUT2D eigenvalue weighted by Crippen LogP contribution is -2.63. The van der Waals surface area contributed by atoms with Crippen LogP contribution in [0.4, 0.5) is 10.5 Å². The number of rotatable bonds is 6. The monoisotopic (exact) mass is 572 g/mol. The average molecular weight is 573 g/mol. The summed E-state index contributed by atoms with van der Waals surface area (Å²) in [6.45, 7) is 2.45. The zero-order valence-corrected chi connectivity index (χ0v) is 23.9. The molecule has 6 N–H and O–H groups in total. The first kappa shape index (κ1) is 30.0. The molecule has 222 valence electrons. The van der Waals surface area contributed by atoms with Crippen LogP contribution in [0, 0.1) is 11.8 Å². The molecule has 0 aromatic heterocycles. The highest BCUT2D eigenvalue weighted by atomic mass is 16.6. The van der Waals surface area contributed by atoms with Crippen LogP contribution in [0.1, 0.15) is 41.8 Å². The number of aliphatic hydroxyl groups is 3. The molecule has 0 spiro atoms. The molecule has 1 aromatic rings. The molecule has 3 aliphatic carbocycles. The second-order valence-corrected chi connectivity index (χ2v) is 11.1. The number of hydrogen-bond donors (Lipinski definition) is 5. The molecule has 0 saturated heterocycles. The van der Waals surface area contributed by atoms with Crippen LogP contribution in [-0.4, -0.2) is 100 Å². The summed E-state index contributed by atoms with van der Waals surface area (Å²) in [4.78, 5) is 55.3. The summed E-state index contributed by atoms with van der Waals surface area (Å²) in [6.07, 6.45) is -0.677. The molecule has 3 aliphatic rings. The van der Waals surface area contributed by atoms with Crippen molar-refractivity contribution in [3.05, 3.63) is 45.4 Å². The number of ketones is 3. The van der Waals surface area contributed by atoms with Gasteiger partial charge in [-0.05, 0) is 58.3 Å². The number of hydrazine groups is 1. The lowest BCUT2D eigenvalue weighted by atomic mass is 9.58. The molecule has 4 atom stereocenters. The fourth-order valence-corrected chi connectivity index (χ4v) is 6.43. The molecular weight excluding hydrogens is 536 g/mol. The largest absolute Gasteiger partial charge is 0.510 e. The molecule has 13 heteroatoms.